The first kappa shape index (κ1) is 12.5. The van der Waals surface area contributed by atoms with E-state index in [0.29, 0.717) is 12.0 Å². The zero-order valence-electron chi connectivity index (χ0n) is 9.97. The van der Waals surface area contributed by atoms with Crippen LogP contribution in [0.4, 0.5) is 0 Å². The number of carbonyl (C=O) groups is 1. The van der Waals surface area contributed by atoms with Gasteiger partial charge in [0.2, 0.25) is 0 Å². The molecule has 0 unspecified atom stereocenters. The van der Waals surface area contributed by atoms with E-state index in [4.69, 9.17) is 0 Å². The molecule has 0 bridgehead atoms. The number of nitrogens with zero attached hydrogens (tertiary/aromatic N) is 1. The average molecular weight is 272 g/mol. The fourth-order valence-corrected chi connectivity index (χ4v) is 3.08. The van der Waals surface area contributed by atoms with E-state index < -0.39 is 0 Å². The molecular weight excluding hydrogens is 254 g/mol. The Morgan fingerprint density at radius 2 is 1.80 bits per heavy atom. The molecule has 1 aromatic rings. The molecule has 2 nitrogen and oxygen atoms in total. The molecule has 0 fully saturated rings. The monoisotopic (exact) mass is 271 g/mol. The van der Waals surface area contributed by atoms with E-state index in [-0.39, 0.29) is 0 Å². The number of hydrogen-bond acceptors (Lipinski definition) is 1. The van der Waals surface area contributed by atoms with Crippen molar-refractivity contribution in [1.82, 2.24) is 4.57 Å². The van der Waals surface area contributed by atoms with Gasteiger partial charge in [-0.1, -0.05) is 13.8 Å². The summed E-state index contributed by atoms with van der Waals surface area (Å²) in [5.74, 6) is 0.411. The second kappa shape index (κ2) is 4.52. The smallest absolute Gasteiger partial charge is 0.153 e. The summed E-state index contributed by atoms with van der Waals surface area (Å²) in [6.07, 6.45) is 0.935. The topological polar surface area (TPSA) is 22.0 Å². The number of hydrogen-bond donors (Lipinski definition) is 0. The number of rotatable bonds is 3. The minimum atomic E-state index is 0.382. The maximum absolute atomic E-state index is 11.0. The first-order valence-corrected chi connectivity index (χ1v) is 6.06. The number of carbonyl (C=O) groups excluding carboxylic acids is 1. The molecule has 0 atom stereocenters. The van der Waals surface area contributed by atoms with E-state index in [2.05, 4.69) is 48.2 Å². The SMILES string of the molecule is Cc1c(C=O)c(Br)c(C(C)C)n1C(C)C. The van der Waals surface area contributed by atoms with E-state index in [1.54, 1.807) is 0 Å². The molecule has 1 heterocycles. The van der Waals surface area contributed by atoms with Gasteiger partial charge in [0.15, 0.2) is 6.29 Å². The third kappa shape index (κ3) is 2.03. The molecule has 0 N–H and O–H groups in total. The summed E-state index contributed by atoms with van der Waals surface area (Å²) in [6, 6.07) is 0.382. The van der Waals surface area contributed by atoms with Crippen molar-refractivity contribution >= 4 is 22.2 Å². The van der Waals surface area contributed by atoms with Gasteiger partial charge in [-0.25, -0.2) is 0 Å². The minimum Gasteiger partial charge on any atom is -0.344 e. The maximum atomic E-state index is 11.0. The fourth-order valence-electron chi connectivity index (χ4n) is 2.05. The van der Waals surface area contributed by atoms with Crippen LogP contribution in [0.3, 0.4) is 0 Å². The Labute approximate surface area is 99.8 Å². The van der Waals surface area contributed by atoms with Gasteiger partial charge in [0.25, 0.3) is 0 Å². The van der Waals surface area contributed by atoms with Crippen molar-refractivity contribution in [2.45, 2.75) is 46.6 Å². The van der Waals surface area contributed by atoms with Crippen LogP contribution in [0.25, 0.3) is 0 Å². The van der Waals surface area contributed by atoms with Gasteiger partial charge < -0.3 is 4.57 Å². The van der Waals surface area contributed by atoms with Crippen LogP contribution in [0.2, 0.25) is 0 Å². The molecule has 0 saturated carbocycles. The van der Waals surface area contributed by atoms with Gasteiger partial charge in [0.05, 0.1) is 0 Å². The zero-order valence-corrected chi connectivity index (χ0v) is 11.6. The predicted molar refractivity (Wildman–Crippen MR) is 66.7 cm³/mol. The van der Waals surface area contributed by atoms with E-state index >= 15 is 0 Å². The van der Waals surface area contributed by atoms with Crippen LogP contribution < -0.4 is 0 Å². The standard InChI is InChI=1S/C12H18BrNO/c1-7(2)12-11(13)10(6-15)9(5)14(12)8(3)4/h6-8H,1-5H3. The van der Waals surface area contributed by atoms with Gasteiger partial charge in [-0.3, -0.25) is 4.79 Å². The Bertz CT molecular complexity index is 346. The predicted octanol–water partition coefficient (Wildman–Crippen LogP) is 4.08. The highest BCUT2D eigenvalue weighted by Crippen LogP contribution is 2.34. The Hall–Kier alpha value is -0.570. The summed E-state index contributed by atoms with van der Waals surface area (Å²) < 4.78 is 3.19. The van der Waals surface area contributed by atoms with Crippen molar-refractivity contribution in [3.63, 3.8) is 0 Å². The molecule has 15 heavy (non-hydrogen) atoms. The van der Waals surface area contributed by atoms with Gasteiger partial charge in [0, 0.05) is 27.5 Å². The lowest BCUT2D eigenvalue weighted by Gasteiger charge is -2.18. The molecule has 3 heteroatoms. The largest absolute Gasteiger partial charge is 0.344 e. The van der Waals surface area contributed by atoms with Crippen molar-refractivity contribution in [2.24, 2.45) is 0 Å². The number of halogens is 1. The van der Waals surface area contributed by atoms with Crippen LogP contribution >= 0.6 is 15.9 Å². The van der Waals surface area contributed by atoms with Crippen LogP contribution in [0.5, 0.6) is 0 Å². The third-order valence-electron chi connectivity index (χ3n) is 2.65. The lowest BCUT2D eigenvalue weighted by atomic mass is 10.1. The average Bonchev–Trinajstić information content (AvgIpc) is 2.37. The molecule has 1 rings (SSSR count). The normalized spacial score (nSPS) is 11.5. The molecule has 0 aliphatic rings. The highest BCUT2D eigenvalue weighted by Gasteiger charge is 2.21. The molecule has 84 valence electrons. The Balaban J connectivity index is 3.54. The van der Waals surface area contributed by atoms with Crippen LogP contribution in [0.1, 0.15) is 61.4 Å². The van der Waals surface area contributed by atoms with Crippen LogP contribution in [0, 0.1) is 6.92 Å². The minimum absolute atomic E-state index is 0.382. The van der Waals surface area contributed by atoms with E-state index in [1.165, 1.54) is 5.69 Å². The number of aldehydes is 1. The first-order chi connectivity index (χ1) is 6.91. The lowest BCUT2D eigenvalue weighted by molar-refractivity contribution is 0.112. The molecule has 0 aliphatic carbocycles. The van der Waals surface area contributed by atoms with Gasteiger partial charge >= 0.3 is 0 Å². The van der Waals surface area contributed by atoms with Crippen molar-refractivity contribution in [2.75, 3.05) is 0 Å². The van der Waals surface area contributed by atoms with E-state index in [1.807, 2.05) is 6.92 Å². The quantitative estimate of drug-likeness (QED) is 0.760. The summed E-state index contributed by atoms with van der Waals surface area (Å²) in [7, 11) is 0. The summed E-state index contributed by atoms with van der Waals surface area (Å²) in [4.78, 5) is 11.0. The fraction of sp³-hybridized carbons (Fsp3) is 0.583. The van der Waals surface area contributed by atoms with Gasteiger partial charge in [-0.2, -0.15) is 0 Å². The highest BCUT2D eigenvalue weighted by atomic mass is 79.9. The van der Waals surface area contributed by atoms with Crippen LogP contribution in [-0.4, -0.2) is 10.9 Å². The van der Waals surface area contributed by atoms with Gasteiger partial charge in [-0.05, 0) is 42.6 Å². The van der Waals surface area contributed by atoms with Crippen molar-refractivity contribution in [1.29, 1.82) is 0 Å². The zero-order chi connectivity index (χ0) is 11.7. The van der Waals surface area contributed by atoms with Crippen molar-refractivity contribution < 1.29 is 4.79 Å². The van der Waals surface area contributed by atoms with Gasteiger partial charge in [-0.15, -0.1) is 0 Å². The second-order valence-electron chi connectivity index (χ2n) is 4.43. The Kier molecular flexibility index (Phi) is 3.77. The molecular formula is C12H18BrNO. The Morgan fingerprint density at radius 3 is 2.07 bits per heavy atom. The van der Waals surface area contributed by atoms with E-state index in [0.717, 1.165) is 22.0 Å². The molecule has 0 radical (unpaired) electrons. The molecule has 0 spiro atoms. The molecule has 0 amide bonds. The lowest BCUT2D eigenvalue weighted by Crippen LogP contribution is -2.08. The van der Waals surface area contributed by atoms with Gasteiger partial charge in [0.1, 0.15) is 0 Å². The second-order valence-corrected chi connectivity index (χ2v) is 5.23. The van der Waals surface area contributed by atoms with Crippen molar-refractivity contribution in [3.8, 4) is 0 Å². The van der Waals surface area contributed by atoms with Crippen LogP contribution in [0.15, 0.2) is 4.47 Å². The highest BCUT2D eigenvalue weighted by molar-refractivity contribution is 9.10. The molecule has 0 saturated heterocycles. The number of aromatic nitrogens is 1. The van der Waals surface area contributed by atoms with Crippen molar-refractivity contribution in [3.05, 3.63) is 21.4 Å². The third-order valence-corrected chi connectivity index (χ3v) is 3.49. The summed E-state index contributed by atoms with van der Waals surface area (Å²) in [5.41, 5.74) is 3.05. The van der Waals surface area contributed by atoms with E-state index in [9.17, 15) is 4.79 Å². The molecule has 0 aliphatic heterocycles. The first-order valence-electron chi connectivity index (χ1n) is 5.27. The maximum Gasteiger partial charge on any atom is 0.153 e. The summed E-state index contributed by atoms with van der Waals surface area (Å²) in [6.45, 7) is 10.6. The Morgan fingerprint density at radius 1 is 1.27 bits per heavy atom. The summed E-state index contributed by atoms with van der Waals surface area (Å²) in [5, 5.41) is 0. The summed E-state index contributed by atoms with van der Waals surface area (Å²) >= 11 is 3.53. The van der Waals surface area contributed by atoms with Crippen LogP contribution in [-0.2, 0) is 0 Å². The molecule has 1 aromatic heterocycles. The molecule has 0 aromatic carbocycles.